The van der Waals surface area contributed by atoms with Crippen molar-refractivity contribution in [3.05, 3.63) is 64.2 Å². The van der Waals surface area contributed by atoms with Crippen LogP contribution in [0, 0.1) is 13.8 Å². The van der Waals surface area contributed by atoms with Gasteiger partial charge < -0.3 is 11.1 Å². The second kappa shape index (κ2) is 6.09. The van der Waals surface area contributed by atoms with Crippen LogP contribution in [0.1, 0.15) is 22.7 Å². The van der Waals surface area contributed by atoms with E-state index in [1.54, 1.807) is 0 Å². The first-order chi connectivity index (χ1) is 9.10. The molecule has 2 nitrogen and oxygen atoms in total. The largest absolute Gasteiger partial charge is 0.377 e. The van der Waals surface area contributed by atoms with Crippen LogP contribution in [0.2, 0.25) is 5.02 Å². The minimum Gasteiger partial charge on any atom is -0.377 e. The van der Waals surface area contributed by atoms with Gasteiger partial charge in [-0.15, -0.1) is 0 Å². The first kappa shape index (κ1) is 13.9. The van der Waals surface area contributed by atoms with E-state index in [-0.39, 0.29) is 6.04 Å². The highest BCUT2D eigenvalue weighted by Crippen LogP contribution is 2.24. The highest BCUT2D eigenvalue weighted by molar-refractivity contribution is 6.31. The molecule has 0 spiro atoms. The first-order valence-corrected chi connectivity index (χ1v) is 6.77. The molecule has 1 unspecified atom stereocenters. The second-order valence-electron chi connectivity index (χ2n) is 4.81. The van der Waals surface area contributed by atoms with E-state index in [9.17, 15) is 0 Å². The number of aryl methyl sites for hydroxylation is 2. The maximum absolute atomic E-state index is 6.17. The van der Waals surface area contributed by atoms with Gasteiger partial charge >= 0.3 is 0 Å². The molecule has 0 aromatic heterocycles. The minimum atomic E-state index is 0.0702. The van der Waals surface area contributed by atoms with Crippen molar-refractivity contribution in [2.75, 3.05) is 11.9 Å². The summed E-state index contributed by atoms with van der Waals surface area (Å²) in [7, 11) is 0. The Kier molecular flexibility index (Phi) is 4.46. The molecular weight excluding hydrogens is 256 g/mol. The van der Waals surface area contributed by atoms with Crippen LogP contribution in [0.5, 0.6) is 0 Å². The third kappa shape index (κ3) is 3.49. The second-order valence-corrected chi connectivity index (χ2v) is 5.21. The van der Waals surface area contributed by atoms with Gasteiger partial charge in [0, 0.05) is 17.3 Å². The van der Waals surface area contributed by atoms with Gasteiger partial charge in [-0.25, -0.2) is 0 Å². The zero-order chi connectivity index (χ0) is 13.8. The van der Waals surface area contributed by atoms with E-state index < -0.39 is 0 Å². The predicted molar refractivity (Wildman–Crippen MR) is 82.8 cm³/mol. The van der Waals surface area contributed by atoms with E-state index in [4.69, 9.17) is 17.3 Å². The Bertz CT molecular complexity index is 549. The normalized spacial score (nSPS) is 12.2. The van der Waals surface area contributed by atoms with Crippen LogP contribution >= 0.6 is 11.6 Å². The Morgan fingerprint density at radius 1 is 1.11 bits per heavy atom. The van der Waals surface area contributed by atoms with Gasteiger partial charge in [-0.05, 0) is 43.2 Å². The molecule has 2 rings (SSSR count). The summed E-state index contributed by atoms with van der Waals surface area (Å²) in [5.74, 6) is 0. The van der Waals surface area contributed by atoms with E-state index in [2.05, 4.69) is 42.6 Å². The highest BCUT2D eigenvalue weighted by Gasteiger charge is 2.10. The van der Waals surface area contributed by atoms with Crippen molar-refractivity contribution >= 4 is 17.3 Å². The molecule has 0 bridgehead atoms. The van der Waals surface area contributed by atoms with Gasteiger partial charge in [0.25, 0.3) is 0 Å². The molecule has 0 aliphatic heterocycles. The molecule has 0 aliphatic carbocycles. The summed E-state index contributed by atoms with van der Waals surface area (Å²) >= 11 is 6.17. The number of nitrogens with two attached hydrogens (primary N) is 1. The maximum atomic E-state index is 6.17. The van der Waals surface area contributed by atoms with Crippen molar-refractivity contribution in [2.45, 2.75) is 19.9 Å². The fraction of sp³-hybridized carbons (Fsp3) is 0.250. The topological polar surface area (TPSA) is 38.0 Å². The summed E-state index contributed by atoms with van der Waals surface area (Å²) in [4.78, 5) is 0. The van der Waals surface area contributed by atoms with E-state index in [1.165, 1.54) is 5.56 Å². The Balaban J connectivity index is 2.19. The van der Waals surface area contributed by atoms with Crippen LogP contribution in [-0.2, 0) is 0 Å². The number of benzene rings is 2. The molecule has 3 N–H and O–H groups in total. The highest BCUT2D eigenvalue weighted by atomic mass is 35.5. The molecule has 2 aromatic rings. The average molecular weight is 275 g/mol. The smallest absolute Gasteiger partial charge is 0.0636 e. The van der Waals surface area contributed by atoms with E-state index in [0.29, 0.717) is 6.54 Å². The fourth-order valence-electron chi connectivity index (χ4n) is 1.96. The number of nitrogens with one attached hydrogen (secondary N) is 1. The van der Waals surface area contributed by atoms with Crippen molar-refractivity contribution in [1.29, 1.82) is 0 Å². The van der Waals surface area contributed by atoms with Gasteiger partial charge in [0.05, 0.1) is 6.04 Å². The van der Waals surface area contributed by atoms with Crippen LogP contribution in [0.15, 0.2) is 42.5 Å². The molecule has 3 heteroatoms. The van der Waals surface area contributed by atoms with Gasteiger partial charge in [0.15, 0.2) is 0 Å². The average Bonchev–Trinajstić information content (AvgIpc) is 2.41. The monoisotopic (exact) mass is 274 g/mol. The fourth-order valence-corrected chi connectivity index (χ4v) is 2.14. The first-order valence-electron chi connectivity index (χ1n) is 6.39. The van der Waals surface area contributed by atoms with Crippen molar-refractivity contribution in [2.24, 2.45) is 5.73 Å². The third-order valence-corrected chi connectivity index (χ3v) is 3.63. The lowest BCUT2D eigenvalue weighted by atomic mass is 10.0. The molecule has 1 atom stereocenters. The van der Waals surface area contributed by atoms with Crippen LogP contribution in [-0.4, -0.2) is 6.54 Å². The third-order valence-electron chi connectivity index (χ3n) is 3.23. The zero-order valence-corrected chi connectivity index (χ0v) is 12.0. The van der Waals surface area contributed by atoms with Gasteiger partial charge in [0.2, 0.25) is 0 Å². The molecule has 0 radical (unpaired) electrons. The van der Waals surface area contributed by atoms with Crippen LogP contribution in [0.4, 0.5) is 5.69 Å². The summed E-state index contributed by atoms with van der Waals surface area (Å²) in [6.45, 7) is 4.59. The molecular formula is C16H19ClN2. The summed E-state index contributed by atoms with van der Waals surface area (Å²) in [6, 6.07) is 14.4. The molecule has 0 saturated heterocycles. The van der Waals surface area contributed by atoms with Crippen molar-refractivity contribution in [3.63, 3.8) is 0 Å². The van der Waals surface area contributed by atoms with Crippen LogP contribution in [0.3, 0.4) is 0 Å². The van der Waals surface area contributed by atoms with E-state index in [0.717, 1.165) is 21.8 Å². The van der Waals surface area contributed by atoms with Gasteiger partial charge in [-0.2, -0.15) is 0 Å². The van der Waals surface area contributed by atoms with Crippen molar-refractivity contribution < 1.29 is 0 Å². The zero-order valence-electron chi connectivity index (χ0n) is 11.3. The number of hydrogen-bond donors (Lipinski definition) is 2. The molecule has 0 amide bonds. The number of rotatable bonds is 4. The number of hydrogen-bond acceptors (Lipinski definition) is 2. The molecule has 2 aromatic carbocycles. The van der Waals surface area contributed by atoms with Crippen LogP contribution in [0.25, 0.3) is 0 Å². The number of anilines is 1. The summed E-state index contributed by atoms with van der Waals surface area (Å²) in [5, 5.41) is 4.21. The minimum absolute atomic E-state index is 0.0702. The van der Waals surface area contributed by atoms with E-state index >= 15 is 0 Å². The molecule has 100 valence electrons. The van der Waals surface area contributed by atoms with Gasteiger partial charge in [0.1, 0.15) is 0 Å². The van der Waals surface area contributed by atoms with Crippen LogP contribution < -0.4 is 11.1 Å². The Labute approximate surface area is 119 Å². The SMILES string of the molecule is Cc1ccc(NC(CN)c2ccc(C)c(Cl)c2)cc1. The molecule has 0 aliphatic rings. The van der Waals surface area contributed by atoms with E-state index in [1.807, 2.05) is 19.1 Å². The quantitative estimate of drug-likeness (QED) is 0.882. The standard InChI is InChI=1S/C16H19ClN2/c1-11-3-7-14(8-4-11)19-16(10-18)13-6-5-12(2)15(17)9-13/h3-9,16,19H,10,18H2,1-2H3. The number of halogens is 1. The summed E-state index contributed by atoms with van der Waals surface area (Å²) in [6.07, 6.45) is 0. The van der Waals surface area contributed by atoms with Crippen molar-refractivity contribution in [1.82, 2.24) is 0 Å². The Morgan fingerprint density at radius 3 is 2.37 bits per heavy atom. The predicted octanol–water partition coefficient (Wildman–Crippen LogP) is 4.07. The Hall–Kier alpha value is -1.51. The molecule has 0 saturated carbocycles. The lowest BCUT2D eigenvalue weighted by Gasteiger charge is -2.19. The lowest BCUT2D eigenvalue weighted by molar-refractivity contribution is 0.789. The maximum Gasteiger partial charge on any atom is 0.0636 e. The molecule has 19 heavy (non-hydrogen) atoms. The van der Waals surface area contributed by atoms with Crippen molar-refractivity contribution in [3.8, 4) is 0 Å². The molecule has 0 fully saturated rings. The lowest BCUT2D eigenvalue weighted by Crippen LogP contribution is -2.20. The summed E-state index contributed by atoms with van der Waals surface area (Å²) < 4.78 is 0. The molecule has 0 heterocycles. The Morgan fingerprint density at radius 2 is 1.79 bits per heavy atom. The van der Waals surface area contributed by atoms with Gasteiger partial charge in [-0.3, -0.25) is 0 Å². The van der Waals surface area contributed by atoms with Gasteiger partial charge in [-0.1, -0.05) is 41.4 Å². The summed E-state index contributed by atoms with van der Waals surface area (Å²) in [5.41, 5.74) is 10.4.